The van der Waals surface area contributed by atoms with E-state index >= 15 is 0 Å². The zero-order valence-electron chi connectivity index (χ0n) is 14.4. The van der Waals surface area contributed by atoms with Gasteiger partial charge in [-0.15, -0.1) is 11.3 Å². The maximum atomic E-state index is 12.3. The number of hydrogen-bond donors (Lipinski definition) is 1. The Hall–Kier alpha value is -1.79. The van der Waals surface area contributed by atoms with Crippen LogP contribution in [-0.4, -0.2) is 48.6 Å². The summed E-state index contributed by atoms with van der Waals surface area (Å²) < 4.78 is 0. The Morgan fingerprint density at radius 2 is 2.04 bits per heavy atom. The molecule has 1 aliphatic rings. The lowest BCUT2D eigenvalue weighted by Gasteiger charge is -2.36. The molecule has 5 nitrogen and oxygen atoms in total. The van der Waals surface area contributed by atoms with Gasteiger partial charge in [0.15, 0.2) is 0 Å². The molecule has 0 aliphatic carbocycles. The van der Waals surface area contributed by atoms with Crippen molar-refractivity contribution in [3.63, 3.8) is 0 Å². The Bertz CT molecular complexity index is 713. The van der Waals surface area contributed by atoms with E-state index in [1.807, 2.05) is 29.2 Å². The molecule has 1 fully saturated rings. The first-order chi connectivity index (χ1) is 12.2. The van der Waals surface area contributed by atoms with Crippen LogP contribution in [0.15, 0.2) is 29.6 Å². The van der Waals surface area contributed by atoms with Gasteiger partial charge in [-0.1, -0.05) is 30.7 Å². The van der Waals surface area contributed by atoms with E-state index in [0.29, 0.717) is 19.6 Å². The minimum atomic E-state index is 0.00440. The third-order valence-electron chi connectivity index (χ3n) is 4.32. The van der Waals surface area contributed by atoms with Gasteiger partial charge in [0.05, 0.1) is 21.4 Å². The third-order valence-corrected chi connectivity index (χ3v) is 5.68. The summed E-state index contributed by atoms with van der Waals surface area (Å²) in [4.78, 5) is 20.9. The molecule has 25 heavy (non-hydrogen) atoms. The normalized spacial score (nSPS) is 14.6. The fraction of sp³-hybridized carbons (Fsp3) is 0.444. The second-order valence-electron chi connectivity index (χ2n) is 5.99. The number of urea groups is 1. The molecular weight excluding hydrogens is 356 g/mol. The molecule has 2 amide bonds. The lowest BCUT2D eigenvalue weighted by atomic mass is 10.2. The number of hydrogen-bond acceptors (Lipinski definition) is 4. The Morgan fingerprint density at radius 1 is 1.28 bits per heavy atom. The molecule has 134 valence electrons. The van der Waals surface area contributed by atoms with Crippen molar-refractivity contribution < 1.29 is 4.79 Å². The average molecular weight is 379 g/mol. The van der Waals surface area contributed by atoms with E-state index in [2.05, 4.69) is 27.5 Å². The summed E-state index contributed by atoms with van der Waals surface area (Å²) in [5.74, 6) is 0. The van der Waals surface area contributed by atoms with Gasteiger partial charge in [0.25, 0.3) is 0 Å². The first-order valence-electron chi connectivity index (χ1n) is 8.63. The number of aryl methyl sites for hydroxylation is 1. The summed E-state index contributed by atoms with van der Waals surface area (Å²) in [6, 6.07) is 7.85. The van der Waals surface area contributed by atoms with Crippen LogP contribution >= 0.6 is 22.9 Å². The number of rotatable bonds is 5. The first kappa shape index (κ1) is 18.0. The van der Waals surface area contributed by atoms with Crippen molar-refractivity contribution in [3.05, 3.63) is 45.4 Å². The predicted molar refractivity (Wildman–Crippen MR) is 104 cm³/mol. The minimum absolute atomic E-state index is 0.00440. The maximum Gasteiger partial charge on any atom is 0.317 e. The van der Waals surface area contributed by atoms with Gasteiger partial charge in [-0.25, -0.2) is 9.78 Å². The van der Waals surface area contributed by atoms with Crippen LogP contribution < -0.4 is 10.2 Å². The van der Waals surface area contributed by atoms with Gasteiger partial charge >= 0.3 is 6.03 Å². The Kier molecular flexibility index (Phi) is 6.15. The summed E-state index contributed by atoms with van der Waals surface area (Å²) in [7, 11) is 0. The molecule has 2 aromatic rings. The largest absolute Gasteiger partial charge is 0.367 e. The molecule has 1 aliphatic heterocycles. The fourth-order valence-corrected chi connectivity index (χ4v) is 3.93. The number of aromatic nitrogens is 1. The molecule has 0 spiro atoms. The van der Waals surface area contributed by atoms with Crippen molar-refractivity contribution in [3.8, 4) is 0 Å². The van der Waals surface area contributed by atoms with Gasteiger partial charge in [0.2, 0.25) is 0 Å². The van der Waals surface area contributed by atoms with E-state index in [-0.39, 0.29) is 6.03 Å². The number of thiazole rings is 1. The van der Waals surface area contributed by atoms with Crippen LogP contribution in [0.2, 0.25) is 5.02 Å². The molecule has 0 radical (unpaired) electrons. The highest BCUT2D eigenvalue weighted by molar-refractivity contribution is 7.09. The van der Waals surface area contributed by atoms with Crippen molar-refractivity contribution in [2.45, 2.75) is 19.8 Å². The standard InChI is InChI=1S/C18H23ClN4OS/c1-2-17-21-14(13-25-17)7-8-20-18(24)23-11-9-22(10-12-23)16-6-4-3-5-15(16)19/h3-6,13H,2,7-12H2,1H3,(H,20,24). The van der Waals surface area contributed by atoms with Gasteiger partial charge < -0.3 is 15.1 Å². The molecule has 0 atom stereocenters. The van der Waals surface area contributed by atoms with Crippen molar-refractivity contribution in [2.24, 2.45) is 0 Å². The van der Waals surface area contributed by atoms with Crippen molar-refractivity contribution in [1.29, 1.82) is 0 Å². The van der Waals surface area contributed by atoms with Gasteiger partial charge in [-0.05, 0) is 18.6 Å². The molecule has 0 unspecified atom stereocenters. The van der Waals surface area contributed by atoms with Crippen molar-refractivity contribution in [2.75, 3.05) is 37.6 Å². The second-order valence-corrected chi connectivity index (χ2v) is 7.34. The second kappa shape index (κ2) is 8.54. The molecule has 1 aromatic heterocycles. The quantitative estimate of drug-likeness (QED) is 0.867. The van der Waals surface area contributed by atoms with Gasteiger partial charge in [0, 0.05) is 44.5 Å². The highest BCUT2D eigenvalue weighted by atomic mass is 35.5. The summed E-state index contributed by atoms with van der Waals surface area (Å²) >= 11 is 7.94. The molecule has 2 heterocycles. The SMILES string of the molecule is CCc1nc(CCNC(=O)N2CCN(c3ccccc3Cl)CC2)cs1. The van der Waals surface area contributed by atoms with Crippen LogP contribution in [0.1, 0.15) is 17.6 Å². The van der Waals surface area contributed by atoms with E-state index in [0.717, 1.165) is 47.3 Å². The number of carbonyl (C=O) groups is 1. The zero-order chi connectivity index (χ0) is 17.6. The topological polar surface area (TPSA) is 48.5 Å². The van der Waals surface area contributed by atoms with E-state index < -0.39 is 0 Å². The van der Waals surface area contributed by atoms with E-state index in [1.54, 1.807) is 11.3 Å². The Labute approximate surface area is 157 Å². The lowest BCUT2D eigenvalue weighted by molar-refractivity contribution is 0.194. The molecule has 1 aromatic carbocycles. The Balaban J connectivity index is 1.43. The summed E-state index contributed by atoms with van der Waals surface area (Å²) in [5, 5.41) is 6.99. The van der Waals surface area contributed by atoms with Crippen LogP contribution in [-0.2, 0) is 12.8 Å². The highest BCUT2D eigenvalue weighted by Crippen LogP contribution is 2.25. The smallest absolute Gasteiger partial charge is 0.317 e. The molecule has 1 N–H and O–H groups in total. The third kappa shape index (κ3) is 4.64. The molecular formula is C18H23ClN4OS. The predicted octanol–water partition coefficient (Wildman–Crippen LogP) is 3.43. The number of para-hydroxylation sites is 1. The van der Waals surface area contributed by atoms with Crippen LogP contribution in [0.5, 0.6) is 0 Å². The molecule has 1 saturated heterocycles. The summed E-state index contributed by atoms with van der Waals surface area (Å²) in [6.45, 7) is 5.72. The maximum absolute atomic E-state index is 12.3. The van der Waals surface area contributed by atoms with Crippen molar-refractivity contribution >= 4 is 34.7 Å². The van der Waals surface area contributed by atoms with E-state index in [9.17, 15) is 4.79 Å². The van der Waals surface area contributed by atoms with E-state index in [4.69, 9.17) is 11.6 Å². The Morgan fingerprint density at radius 3 is 2.72 bits per heavy atom. The monoisotopic (exact) mass is 378 g/mol. The number of amides is 2. The average Bonchev–Trinajstić information content (AvgIpc) is 3.10. The molecule has 0 bridgehead atoms. The molecule has 0 saturated carbocycles. The number of benzene rings is 1. The number of nitrogens with zero attached hydrogens (tertiary/aromatic N) is 3. The highest BCUT2D eigenvalue weighted by Gasteiger charge is 2.22. The minimum Gasteiger partial charge on any atom is -0.367 e. The fourth-order valence-electron chi connectivity index (χ4n) is 2.89. The van der Waals surface area contributed by atoms with Crippen molar-refractivity contribution in [1.82, 2.24) is 15.2 Å². The number of carbonyl (C=O) groups excluding carboxylic acids is 1. The van der Waals surface area contributed by atoms with Crippen LogP contribution in [0.25, 0.3) is 0 Å². The van der Waals surface area contributed by atoms with Gasteiger partial charge in [-0.3, -0.25) is 0 Å². The van der Waals surface area contributed by atoms with Crippen LogP contribution in [0.4, 0.5) is 10.5 Å². The van der Waals surface area contributed by atoms with E-state index in [1.165, 1.54) is 0 Å². The number of nitrogens with one attached hydrogen (secondary N) is 1. The first-order valence-corrected chi connectivity index (χ1v) is 9.88. The lowest BCUT2D eigenvalue weighted by Crippen LogP contribution is -2.52. The van der Waals surface area contributed by atoms with Gasteiger partial charge in [0.1, 0.15) is 0 Å². The molecule has 7 heteroatoms. The number of piperazine rings is 1. The summed E-state index contributed by atoms with van der Waals surface area (Å²) in [6.07, 6.45) is 1.74. The van der Waals surface area contributed by atoms with Crippen LogP contribution in [0, 0.1) is 0 Å². The van der Waals surface area contributed by atoms with Crippen LogP contribution in [0.3, 0.4) is 0 Å². The number of anilines is 1. The zero-order valence-corrected chi connectivity index (χ0v) is 15.9. The van der Waals surface area contributed by atoms with Gasteiger partial charge in [-0.2, -0.15) is 0 Å². The summed E-state index contributed by atoms with van der Waals surface area (Å²) in [5.41, 5.74) is 2.10. The molecule has 3 rings (SSSR count). The number of halogens is 1.